The topological polar surface area (TPSA) is 106 Å². The van der Waals surface area contributed by atoms with Crippen LogP contribution >= 0.6 is 23.2 Å². The molecular weight excluding hydrogens is 403 g/mol. The number of nitrogens with zero attached hydrogens (tertiary/aromatic N) is 2. The number of carbonyl (C=O) groups is 1. The molecule has 0 fully saturated rings. The Bertz CT molecular complexity index is 1020. The van der Waals surface area contributed by atoms with Gasteiger partial charge in [0.1, 0.15) is 4.90 Å². The maximum absolute atomic E-state index is 13.0. The number of rotatable bonds is 5. The van der Waals surface area contributed by atoms with Crippen molar-refractivity contribution in [1.82, 2.24) is 9.78 Å². The lowest BCUT2D eigenvalue weighted by Crippen LogP contribution is -2.26. The first-order valence-electron chi connectivity index (χ1n) is 7.48. The lowest BCUT2D eigenvalue weighted by molar-refractivity contribution is -0.136. The van der Waals surface area contributed by atoms with Gasteiger partial charge in [-0.3, -0.25) is 9.59 Å². The Morgan fingerprint density at radius 1 is 1.23 bits per heavy atom. The molecule has 0 aliphatic rings. The molecule has 0 bridgehead atoms. The van der Waals surface area contributed by atoms with E-state index in [2.05, 4.69) is 5.10 Å². The molecule has 26 heavy (non-hydrogen) atoms. The summed E-state index contributed by atoms with van der Waals surface area (Å²) in [7, 11) is -2.87. The molecular formula is C16H16Cl2N2O5S. The van der Waals surface area contributed by atoms with Crippen molar-refractivity contribution in [2.75, 3.05) is 0 Å². The Kier molecular flexibility index (Phi) is 5.79. The molecule has 1 aromatic carbocycles. The highest BCUT2D eigenvalue weighted by atomic mass is 35.5. The number of aryl methyl sites for hydroxylation is 1. The fourth-order valence-electron chi connectivity index (χ4n) is 2.40. The van der Waals surface area contributed by atoms with Gasteiger partial charge < -0.3 is 5.11 Å². The van der Waals surface area contributed by atoms with E-state index in [0.717, 1.165) is 4.68 Å². The smallest absolute Gasteiger partial charge is 0.307 e. The van der Waals surface area contributed by atoms with Crippen molar-refractivity contribution in [2.45, 2.75) is 36.1 Å². The summed E-state index contributed by atoms with van der Waals surface area (Å²) in [5.41, 5.74) is 0.159. The van der Waals surface area contributed by atoms with Crippen molar-refractivity contribution in [2.24, 2.45) is 7.05 Å². The number of sulfone groups is 1. The van der Waals surface area contributed by atoms with E-state index in [4.69, 9.17) is 28.3 Å². The Morgan fingerprint density at radius 2 is 1.77 bits per heavy atom. The van der Waals surface area contributed by atoms with Crippen molar-refractivity contribution < 1.29 is 18.3 Å². The van der Waals surface area contributed by atoms with Crippen LogP contribution in [-0.4, -0.2) is 29.3 Å². The third-order valence-electron chi connectivity index (χ3n) is 3.65. The predicted molar refractivity (Wildman–Crippen MR) is 96.8 cm³/mol. The van der Waals surface area contributed by atoms with Gasteiger partial charge in [0.25, 0.3) is 5.56 Å². The Labute approximate surface area is 160 Å². The van der Waals surface area contributed by atoms with E-state index in [1.54, 1.807) is 13.8 Å². The molecule has 7 nitrogen and oxygen atoms in total. The molecule has 2 aromatic rings. The molecule has 0 amide bonds. The standard InChI is InChI=1S/C16H16Cl2N2O5S/c1-8(2)10-7-13(19-20(3)16(10)23)26(24,25)15-11(17)4-9(5-12(15)18)6-14(21)22/h4-5,7-8H,6H2,1-3H3,(H,21,22). The van der Waals surface area contributed by atoms with Crippen LogP contribution in [0.2, 0.25) is 10.0 Å². The molecule has 0 unspecified atom stereocenters. The molecule has 0 atom stereocenters. The zero-order chi connectivity index (χ0) is 19.8. The van der Waals surface area contributed by atoms with Gasteiger partial charge in [-0.05, 0) is 29.7 Å². The molecule has 0 aliphatic carbocycles. The minimum absolute atomic E-state index is 0.212. The van der Waals surface area contributed by atoms with Gasteiger partial charge in [-0.1, -0.05) is 37.0 Å². The van der Waals surface area contributed by atoms with Crippen molar-refractivity contribution in [3.63, 3.8) is 0 Å². The van der Waals surface area contributed by atoms with Crippen LogP contribution in [0, 0.1) is 0 Å². The largest absolute Gasteiger partial charge is 0.481 e. The molecule has 0 saturated carbocycles. The van der Waals surface area contributed by atoms with Gasteiger partial charge in [0.15, 0.2) is 5.03 Å². The van der Waals surface area contributed by atoms with Crippen LogP contribution in [0.15, 0.2) is 32.9 Å². The summed E-state index contributed by atoms with van der Waals surface area (Å²) >= 11 is 12.1. The van der Waals surface area contributed by atoms with Crippen molar-refractivity contribution in [1.29, 1.82) is 0 Å². The predicted octanol–water partition coefficient (Wildman–Crippen LogP) is 2.67. The average molecular weight is 419 g/mol. The summed E-state index contributed by atoms with van der Waals surface area (Å²) < 4.78 is 26.9. The first kappa shape index (κ1) is 20.4. The summed E-state index contributed by atoms with van der Waals surface area (Å²) in [4.78, 5) is 22.5. The third kappa shape index (κ3) is 3.92. The van der Waals surface area contributed by atoms with Crippen LogP contribution in [-0.2, 0) is 28.1 Å². The number of hydrogen-bond acceptors (Lipinski definition) is 5. The normalized spacial score (nSPS) is 11.8. The monoisotopic (exact) mass is 418 g/mol. The fraction of sp³-hybridized carbons (Fsp3) is 0.312. The Balaban J connectivity index is 2.69. The van der Waals surface area contributed by atoms with E-state index in [1.807, 2.05) is 0 Å². The van der Waals surface area contributed by atoms with Crippen LogP contribution in [0.3, 0.4) is 0 Å². The highest BCUT2D eigenvalue weighted by Gasteiger charge is 2.28. The minimum atomic E-state index is -4.22. The molecule has 1 heterocycles. The van der Waals surface area contributed by atoms with Crippen LogP contribution in [0.1, 0.15) is 30.9 Å². The number of halogens is 2. The van der Waals surface area contributed by atoms with Crippen molar-refractivity contribution >= 4 is 39.0 Å². The number of aromatic nitrogens is 2. The lowest BCUT2D eigenvalue weighted by Gasteiger charge is -2.13. The van der Waals surface area contributed by atoms with E-state index in [0.29, 0.717) is 0 Å². The van der Waals surface area contributed by atoms with Crippen LogP contribution in [0.25, 0.3) is 0 Å². The van der Waals surface area contributed by atoms with Gasteiger partial charge in [-0.2, -0.15) is 5.10 Å². The second-order valence-corrected chi connectivity index (χ2v) is 8.63. The van der Waals surface area contributed by atoms with Gasteiger partial charge >= 0.3 is 5.97 Å². The number of carboxylic acids is 1. The molecule has 0 spiro atoms. The van der Waals surface area contributed by atoms with Crippen LogP contribution < -0.4 is 5.56 Å². The van der Waals surface area contributed by atoms with Gasteiger partial charge in [0.05, 0.1) is 16.5 Å². The van der Waals surface area contributed by atoms with E-state index >= 15 is 0 Å². The molecule has 1 N–H and O–H groups in total. The van der Waals surface area contributed by atoms with E-state index in [-0.39, 0.29) is 43.4 Å². The second kappa shape index (κ2) is 7.38. The van der Waals surface area contributed by atoms with E-state index in [9.17, 15) is 18.0 Å². The summed E-state index contributed by atoms with van der Waals surface area (Å²) in [6, 6.07) is 3.68. The maximum atomic E-state index is 13.0. The molecule has 1 aromatic heterocycles. The van der Waals surface area contributed by atoms with Gasteiger partial charge in [0.2, 0.25) is 9.84 Å². The molecule has 2 rings (SSSR count). The van der Waals surface area contributed by atoms with E-state index < -0.39 is 21.4 Å². The number of carboxylic acid groups (broad SMARTS) is 1. The van der Waals surface area contributed by atoms with Gasteiger partial charge in [0, 0.05) is 12.6 Å². The summed E-state index contributed by atoms with van der Waals surface area (Å²) in [6.45, 7) is 3.52. The maximum Gasteiger partial charge on any atom is 0.307 e. The van der Waals surface area contributed by atoms with Gasteiger partial charge in [-0.25, -0.2) is 13.1 Å². The quantitative estimate of drug-likeness (QED) is 0.799. The first-order chi connectivity index (χ1) is 11.9. The summed E-state index contributed by atoms with van der Waals surface area (Å²) in [5.74, 6) is -1.32. The highest BCUT2D eigenvalue weighted by molar-refractivity contribution is 7.91. The molecule has 0 radical (unpaired) electrons. The molecule has 0 aliphatic heterocycles. The SMILES string of the molecule is CC(C)c1cc(S(=O)(=O)c2c(Cl)cc(CC(=O)O)cc2Cl)nn(C)c1=O. The molecule has 10 heteroatoms. The average Bonchev–Trinajstić information content (AvgIpc) is 2.47. The number of aliphatic carboxylic acids is 1. The zero-order valence-electron chi connectivity index (χ0n) is 14.2. The fourth-order valence-corrected chi connectivity index (χ4v) is 4.89. The number of hydrogen-bond donors (Lipinski definition) is 1. The molecule has 140 valence electrons. The van der Waals surface area contributed by atoms with Gasteiger partial charge in [-0.15, -0.1) is 0 Å². The second-order valence-electron chi connectivity index (χ2n) is 5.98. The van der Waals surface area contributed by atoms with Crippen LogP contribution in [0.5, 0.6) is 0 Å². The van der Waals surface area contributed by atoms with Crippen molar-refractivity contribution in [3.8, 4) is 0 Å². The van der Waals surface area contributed by atoms with Crippen LogP contribution in [0.4, 0.5) is 0 Å². The third-order valence-corrected chi connectivity index (χ3v) is 6.20. The van der Waals surface area contributed by atoms with E-state index in [1.165, 1.54) is 25.2 Å². The Hall–Kier alpha value is -1.90. The lowest BCUT2D eigenvalue weighted by atomic mass is 10.1. The number of benzene rings is 1. The first-order valence-corrected chi connectivity index (χ1v) is 9.72. The minimum Gasteiger partial charge on any atom is -0.481 e. The highest BCUT2D eigenvalue weighted by Crippen LogP contribution is 2.34. The summed E-state index contributed by atoms with van der Waals surface area (Å²) in [5, 5.41) is 11.9. The van der Waals surface area contributed by atoms with Crippen molar-refractivity contribution in [3.05, 3.63) is 49.7 Å². The summed E-state index contributed by atoms with van der Waals surface area (Å²) in [6.07, 6.45) is -0.352. The zero-order valence-corrected chi connectivity index (χ0v) is 16.5. The Morgan fingerprint density at radius 3 is 2.23 bits per heavy atom. The molecule has 0 saturated heterocycles.